The maximum atomic E-state index is 11.4. The fourth-order valence-corrected chi connectivity index (χ4v) is 1.79. The first kappa shape index (κ1) is 15.8. The number of aromatic hydroxyl groups is 2. The Morgan fingerprint density at radius 3 is 2.40 bits per heavy atom. The minimum Gasteiger partial charge on any atom is -0.508 e. The molecule has 1 aromatic carbocycles. The topological polar surface area (TPSA) is 93.4 Å². The van der Waals surface area contributed by atoms with Gasteiger partial charge in [0, 0.05) is 32.1 Å². The Balaban J connectivity index is 2.55. The number of amides is 1. The van der Waals surface area contributed by atoms with Gasteiger partial charge in [0.05, 0.1) is 5.71 Å². The van der Waals surface area contributed by atoms with Crippen LogP contribution in [-0.4, -0.2) is 46.0 Å². The molecule has 0 saturated heterocycles. The summed E-state index contributed by atoms with van der Waals surface area (Å²) in [6, 6.07) is 4.09. The molecule has 3 N–H and O–H groups in total. The van der Waals surface area contributed by atoms with E-state index < -0.39 is 0 Å². The number of phenolic OH excluding ortho intramolecular Hbond substituents is 2. The summed E-state index contributed by atoms with van der Waals surface area (Å²) >= 11 is 0. The van der Waals surface area contributed by atoms with Crippen molar-refractivity contribution in [2.24, 2.45) is 5.16 Å². The van der Waals surface area contributed by atoms with Crippen LogP contribution in [0.2, 0.25) is 0 Å². The van der Waals surface area contributed by atoms with Crippen LogP contribution >= 0.6 is 0 Å². The zero-order chi connectivity index (χ0) is 15.1. The van der Waals surface area contributed by atoms with Crippen molar-refractivity contribution in [3.8, 4) is 11.5 Å². The van der Waals surface area contributed by atoms with Crippen LogP contribution in [0.15, 0.2) is 23.4 Å². The van der Waals surface area contributed by atoms with Crippen LogP contribution < -0.4 is 0 Å². The number of benzene rings is 1. The number of hydrogen-bond acceptors (Lipinski definition) is 5. The summed E-state index contributed by atoms with van der Waals surface area (Å²) in [5, 5.41) is 31.1. The first-order chi connectivity index (χ1) is 9.45. The highest BCUT2D eigenvalue weighted by Crippen LogP contribution is 2.24. The van der Waals surface area contributed by atoms with E-state index in [9.17, 15) is 15.0 Å². The average molecular weight is 280 g/mol. The number of carbonyl (C=O) groups excluding carboxylic acids is 1. The lowest BCUT2D eigenvalue weighted by Crippen LogP contribution is -2.21. The molecular formula is C14H20N2O4. The molecule has 0 heterocycles. The maximum Gasteiger partial charge on any atom is 0.222 e. The van der Waals surface area contributed by atoms with E-state index in [1.165, 1.54) is 23.1 Å². The van der Waals surface area contributed by atoms with Crippen molar-refractivity contribution in [1.29, 1.82) is 0 Å². The molecule has 0 radical (unpaired) electrons. The zero-order valence-electron chi connectivity index (χ0n) is 11.7. The first-order valence-corrected chi connectivity index (χ1v) is 6.39. The largest absolute Gasteiger partial charge is 0.508 e. The summed E-state index contributed by atoms with van der Waals surface area (Å²) < 4.78 is 0. The van der Waals surface area contributed by atoms with Gasteiger partial charge in [-0.2, -0.15) is 0 Å². The molecule has 6 heteroatoms. The van der Waals surface area contributed by atoms with Crippen LogP contribution in [0.25, 0.3) is 0 Å². The smallest absolute Gasteiger partial charge is 0.222 e. The lowest BCUT2D eigenvalue weighted by atomic mass is 10.0. The molecule has 0 aliphatic carbocycles. The van der Waals surface area contributed by atoms with Gasteiger partial charge in [-0.1, -0.05) is 5.16 Å². The molecule has 110 valence electrons. The van der Waals surface area contributed by atoms with Crippen LogP contribution in [0.5, 0.6) is 11.5 Å². The molecule has 0 atom stereocenters. The van der Waals surface area contributed by atoms with E-state index in [4.69, 9.17) is 5.21 Å². The summed E-state index contributed by atoms with van der Waals surface area (Å²) in [6.07, 6.45) is 2.22. The zero-order valence-corrected chi connectivity index (χ0v) is 11.7. The van der Waals surface area contributed by atoms with Crippen molar-refractivity contribution in [3.05, 3.63) is 23.8 Å². The standard InChI is InChI=1S/C14H20N2O4/c1-16(2)14(19)6-4-3-5-12(15-20)11-8-7-10(17)9-13(11)18/h7-9,17-18,20H,3-6H2,1-2H3/b15-12-. The number of carbonyl (C=O) groups is 1. The second-order valence-corrected chi connectivity index (χ2v) is 4.74. The van der Waals surface area contributed by atoms with Crippen LogP contribution in [0, 0.1) is 0 Å². The maximum absolute atomic E-state index is 11.4. The predicted octanol–water partition coefficient (Wildman–Crippen LogP) is 1.92. The lowest BCUT2D eigenvalue weighted by Gasteiger charge is -2.10. The van der Waals surface area contributed by atoms with Gasteiger partial charge in [0.15, 0.2) is 0 Å². The number of rotatable bonds is 6. The highest BCUT2D eigenvalue weighted by molar-refractivity contribution is 6.02. The Hall–Kier alpha value is -2.24. The minimum atomic E-state index is -0.137. The first-order valence-electron chi connectivity index (χ1n) is 6.39. The van der Waals surface area contributed by atoms with Gasteiger partial charge in [-0.15, -0.1) is 0 Å². The number of hydrogen-bond donors (Lipinski definition) is 3. The molecule has 0 bridgehead atoms. The van der Waals surface area contributed by atoms with E-state index in [0.717, 1.165) is 0 Å². The Morgan fingerprint density at radius 1 is 1.20 bits per heavy atom. The molecule has 0 aliphatic heterocycles. The number of oxime groups is 1. The van der Waals surface area contributed by atoms with Gasteiger partial charge >= 0.3 is 0 Å². The van der Waals surface area contributed by atoms with Crippen molar-refractivity contribution in [1.82, 2.24) is 4.90 Å². The van der Waals surface area contributed by atoms with E-state index in [1.54, 1.807) is 14.1 Å². The van der Waals surface area contributed by atoms with E-state index in [2.05, 4.69) is 5.16 Å². The van der Waals surface area contributed by atoms with Crippen LogP contribution in [-0.2, 0) is 4.79 Å². The van der Waals surface area contributed by atoms with E-state index in [-0.39, 0.29) is 17.4 Å². The molecule has 0 aromatic heterocycles. The van der Waals surface area contributed by atoms with Gasteiger partial charge in [0.25, 0.3) is 0 Å². The average Bonchev–Trinajstić information content (AvgIpc) is 2.39. The molecule has 0 unspecified atom stereocenters. The third-order valence-electron chi connectivity index (χ3n) is 2.97. The molecule has 1 rings (SSSR count). The van der Waals surface area contributed by atoms with E-state index in [0.29, 0.717) is 37.0 Å². The van der Waals surface area contributed by atoms with Gasteiger partial charge in [0.2, 0.25) is 5.91 Å². The molecule has 0 spiro atoms. The molecule has 0 saturated carbocycles. The van der Waals surface area contributed by atoms with Crippen LogP contribution in [0.1, 0.15) is 31.2 Å². The van der Waals surface area contributed by atoms with Gasteiger partial charge in [-0.25, -0.2) is 0 Å². The molecular weight excluding hydrogens is 260 g/mol. The predicted molar refractivity (Wildman–Crippen MR) is 75.3 cm³/mol. The number of unbranched alkanes of at least 4 members (excludes halogenated alkanes) is 1. The quantitative estimate of drug-likeness (QED) is 0.321. The summed E-state index contributed by atoms with van der Waals surface area (Å²) in [6.45, 7) is 0. The highest BCUT2D eigenvalue weighted by Gasteiger charge is 2.11. The van der Waals surface area contributed by atoms with E-state index >= 15 is 0 Å². The third kappa shape index (κ3) is 4.46. The summed E-state index contributed by atoms with van der Waals surface area (Å²) in [5.41, 5.74) is 0.712. The summed E-state index contributed by atoms with van der Waals surface area (Å²) in [5.74, 6) is -0.137. The minimum absolute atomic E-state index is 0.0554. The van der Waals surface area contributed by atoms with Crippen molar-refractivity contribution in [2.45, 2.75) is 25.7 Å². The van der Waals surface area contributed by atoms with Gasteiger partial charge in [0.1, 0.15) is 11.5 Å². The Bertz CT molecular complexity index is 498. The Kier molecular flexibility index (Phi) is 5.83. The fourth-order valence-electron chi connectivity index (χ4n) is 1.79. The molecule has 1 aromatic rings. The third-order valence-corrected chi connectivity index (χ3v) is 2.97. The van der Waals surface area contributed by atoms with E-state index in [1.807, 2.05) is 0 Å². The van der Waals surface area contributed by atoms with Gasteiger partial charge in [-0.05, 0) is 31.4 Å². The second kappa shape index (κ2) is 7.37. The SMILES string of the molecule is CN(C)C(=O)CCCC/C(=N/O)c1ccc(O)cc1O. The molecule has 0 aliphatic rings. The lowest BCUT2D eigenvalue weighted by molar-refractivity contribution is -0.128. The molecule has 1 amide bonds. The monoisotopic (exact) mass is 280 g/mol. The fraction of sp³-hybridized carbons (Fsp3) is 0.429. The van der Waals surface area contributed by atoms with Gasteiger partial charge < -0.3 is 20.3 Å². The molecule has 20 heavy (non-hydrogen) atoms. The Morgan fingerprint density at radius 2 is 1.85 bits per heavy atom. The molecule has 6 nitrogen and oxygen atoms in total. The van der Waals surface area contributed by atoms with Crippen LogP contribution in [0.3, 0.4) is 0 Å². The van der Waals surface area contributed by atoms with Crippen LogP contribution in [0.4, 0.5) is 0 Å². The number of phenols is 2. The second-order valence-electron chi connectivity index (χ2n) is 4.74. The van der Waals surface area contributed by atoms with Gasteiger partial charge in [-0.3, -0.25) is 4.79 Å². The van der Waals surface area contributed by atoms with Crippen molar-refractivity contribution >= 4 is 11.6 Å². The Labute approximate surface area is 118 Å². The van der Waals surface area contributed by atoms with Crippen molar-refractivity contribution in [2.75, 3.05) is 14.1 Å². The molecule has 0 fully saturated rings. The number of nitrogens with zero attached hydrogens (tertiary/aromatic N) is 2. The van der Waals surface area contributed by atoms with Crippen molar-refractivity contribution in [3.63, 3.8) is 0 Å². The van der Waals surface area contributed by atoms with Crippen molar-refractivity contribution < 1.29 is 20.2 Å². The summed E-state index contributed by atoms with van der Waals surface area (Å²) in [4.78, 5) is 12.9. The summed E-state index contributed by atoms with van der Waals surface area (Å²) in [7, 11) is 3.41. The normalized spacial score (nSPS) is 11.4. The highest BCUT2D eigenvalue weighted by atomic mass is 16.4.